The van der Waals surface area contributed by atoms with Crippen molar-refractivity contribution in [3.63, 3.8) is 0 Å². The predicted molar refractivity (Wildman–Crippen MR) is 41.6 cm³/mol. The Hall–Kier alpha value is -1.33. The molecule has 0 unspecified atom stereocenters. The molecule has 1 rings (SSSR count). The summed E-state index contributed by atoms with van der Waals surface area (Å²) in [6, 6.07) is 9.12. The molecule has 2 heteroatoms. The minimum Gasteiger partial charge on any atom is -0.396 e. The van der Waals surface area contributed by atoms with Crippen LogP contribution >= 0.6 is 0 Å². The van der Waals surface area contributed by atoms with E-state index >= 15 is 0 Å². The minimum absolute atomic E-state index is 0.00881. The molecule has 0 bridgehead atoms. The lowest BCUT2D eigenvalue weighted by atomic mass is 10.1. The van der Waals surface area contributed by atoms with Gasteiger partial charge >= 0.3 is 0 Å². The van der Waals surface area contributed by atoms with Crippen LogP contribution in [0, 0.1) is 17.8 Å². The summed E-state index contributed by atoms with van der Waals surface area (Å²) in [6.45, 7) is 0.00881. The number of rotatable bonds is 2. The Balaban J connectivity index is 2.85. The molecule has 0 atom stereocenters. The molecule has 0 spiro atoms. The van der Waals surface area contributed by atoms with Gasteiger partial charge in [-0.2, -0.15) is 5.26 Å². The Morgan fingerprint density at radius 3 is 3.00 bits per heavy atom. The number of aliphatic hydroxyl groups is 1. The first-order valence-electron chi connectivity index (χ1n) is 3.31. The second-order valence-corrected chi connectivity index (χ2v) is 2.12. The fraction of sp³-hybridized carbons (Fsp3) is 0.111. The van der Waals surface area contributed by atoms with Crippen molar-refractivity contribution in [3.8, 4) is 6.07 Å². The molecule has 0 aliphatic carbocycles. The Bertz CT molecular complexity index is 275. The molecule has 1 aromatic rings. The van der Waals surface area contributed by atoms with Gasteiger partial charge in [-0.25, -0.2) is 0 Å². The summed E-state index contributed by atoms with van der Waals surface area (Å²) in [5.41, 5.74) is 1.50. The van der Waals surface area contributed by atoms with E-state index in [1.807, 2.05) is 12.1 Å². The maximum Gasteiger partial charge on any atom is 0.0991 e. The van der Waals surface area contributed by atoms with Crippen molar-refractivity contribution in [3.05, 3.63) is 41.8 Å². The molecule has 0 saturated carbocycles. The van der Waals surface area contributed by atoms with Crippen LogP contribution < -0.4 is 0 Å². The predicted octanol–water partition coefficient (Wildman–Crippen LogP) is 1.10. The smallest absolute Gasteiger partial charge is 0.0991 e. The molecule has 1 aromatic carbocycles. The third-order valence-corrected chi connectivity index (χ3v) is 1.34. The van der Waals surface area contributed by atoms with Gasteiger partial charge in [-0.05, 0) is 17.7 Å². The van der Waals surface area contributed by atoms with Crippen LogP contribution in [0.3, 0.4) is 0 Å². The Morgan fingerprint density at radius 1 is 1.55 bits per heavy atom. The topological polar surface area (TPSA) is 44.0 Å². The number of hydrogen-bond acceptors (Lipinski definition) is 2. The third-order valence-electron chi connectivity index (χ3n) is 1.34. The van der Waals surface area contributed by atoms with E-state index in [1.54, 1.807) is 24.6 Å². The molecule has 0 amide bonds. The molecule has 11 heavy (non-hydrogen) atoms. The highest BCUT2D eigenvalue weighted by Crippen LogP contribution is 2.05. The monoisotopic (exact) mass is 146 g/mol. The molecular weight excluding hydrogens is 138 g/mol. The molecule has 2 nitrogen and oxygen atoms in total. The second-order valence-electron chi connectivity index (χ2n) is 2.12. The van der Waals surface area contributed by atoms with Crippen LogP contribution in [-0.4, -0.2) is 11.7 Å². The molecule has 0 saturated heterocycles. The van der Waals surface area contributed by atoms with Gasteiger partial charge in [0, 0.05) is 6.42 Å². The summed E-state index contributed by atoms with van der Waals surface area (Å²) in [4.78, 5) is 0. The average Bonchev–Trinajstić information content (AvgIpc) is 2.06. The SMILES string of the molecule is N#Cc1cccc([CH]CO)c1. The maximum atomic E-state index is 8.54. The zero-order chi connectivity index (χ0) is 8.10. The first kappa shape index (κ1) is 7.77. The van der Waals surface area contributed by atoms with Gasteiger partial charge in [-0.3, -0.25) is 0 Å². The van der Waals surface area contributed by atoms with E-state index in [2.05, 4.69) is 0 Å². The van der Waals surface area contributed by atoms with Gasteiger partial charge in [0.25, 0.3) is 0 Å². The van der Waals surface area contributed by atoms with Crippen LogP contribution in [0.4, 0.5) is 0 Å². The van der Waals surface area contributed by atoms with E-state index in [0.29, 0.717) is 5.56 Å². The first-order chi connectivity index (χ1) is 5.36. The third kappa shape index (κ3) is 2.06. The normalized spacial score (nSPS) is 9.09. The van der Waals surface area contributed by atoms with Crippen molar-refractivity contribution in [2.45, 2.75) is 0 Å². The summed E-state index contributed by atoms with van der Waals surface area (Å²) < 4.78 is 0. The van der Waals surface area contributed by atoms with E-state index in [-0.39, 0.29) is 6.61 Å². The van der Waals surface area contributed by atoms with Crippen molar-refractivity contribution in [2.24, 2.45) is 0 Å². The largest absolute Gasteiger partial charge is 0.396 e. The lowest BCUT2D eigenvalue weighted by Gasteiger charge is -1.95. The van der Waals surface area contributed by atoms with Crippen LogP contribution in [-0.2, 0) is 0 Å². The van der Waals surface area contributed by atoms with Gasteiger partial charge in [-0.1, -0.05) is 12.1 Å². The van der Waals surface area contributed by atoms with Crippen LogP contribution in [0.25, 0.3) is 0 Å². The highest BCUT2D eigenvalue weighted by Gasteiger charge is 1.93. The van der Waals surface area contributed by atoms with Gasteiger partial charge < -0.3 is 5.11 Å². The molecular formula is C9H8NO. The fourth-order valence-corrected chi connectivity index (χ4v) is 0.841. The number of nitrogens with zero attached hydrogens (tertiary/aromatic N) is 1. The summed E-state index contributed by atoms with van der Waals surface area (Å²) in [7, 11) is 0. The fourth-order valence-electron chi connectivity index (χ4n) is 0.841. The highest BCUT2D eigenvalue weighted by molar-refractivity contribution is 5.35. The second kappa shape index (κ2) is 3.75. The summed E-state index contributed by atoms with van der Waals surface area (Å²) in [5.74, 6) is 0. The average molecular weight is 146 g/mol. The molecule has 55 valence electrons. The number of benzene rings is 1. The van der Waals surface area contributed by atoms with E-state index < -0.39 is 0 Å². The van der Waals surface area contributed by atoms with Gasteiger partial charge in [0.15, 0.2) is 0 Å². The molecule has 0 aliphatic heterocycles. The van der Waals surface area contributed by atoms with Gasteiger partial charge in [0.1, 0.15) is 0 Å². The zero-order valence-corrected chi connectivity index (χ0v) is 5.99. The van der Waals surface area contributed by atoms with Crippen molar-refractivity contribution >= 4 is 0 Å². The summed E-state index contributed by atoms with van der Waals surface area (Å²) in [5, 5.41) is 17.0. The van der Waals surface area contributed by atoms with Crippen LogP contribution in [0.1, 0.15) is 11.1 Å². The highest BCUT2D eigenvalue weighted by atomic mass is 16.2. The Morgan fingerprint density at radius 2 is 2.36 bits per heavy atom. The lowest BCUT2D eigenvalue weighted by Crippen LogP contribution is -1.87. The molecule has 0 aliphatic rings. The number of aliphatic hydroxyl groups excluding tert-OH is 1. The molecule has 0 fully saturated rings. The molecule has 1 radical (unpaired) electrons. The lowest BCUT2D eigenvalue weighted by molar-refractivity contribution is 0.331. The van der Waals surface area contributed by atoms with Gasteiger partial charge in [-0.15, -0.1) is 0 Å². The van der Waals surface area contributed by atoms with Gasteiger partial charge in [0.05, 0.1) is 18.2 Å². The van der Waals surface area contributed by atoms with Crippen LogP contribution in [0.5, 0.6) is 0 Å². The van der Waals surface area contributed by atoms with E-state index in [4.69, 9.17) is 10.4 Å². The van der Waals surface area contributed by atoms with E-state index in [1.165, 1.54) is 0 Å². The quantitative estimate of drug-likeness (QED) is 0.679. The summed E-state index contributed by atoms with van der Waals surface area (Å²) in [6.07, 6.45) is 1.65. The maximum absolute atomic E-state index is 8.54. The summed E-state index contributed by atoms with van der Waals surface area (Å²) >= 11 is 0. The Labute approximate surface area is 65.7 Å². The first-order valence-corrected chi connectivity index (χ1v) is 3.31. The van der Waals surface area contributed by atoms with Crippen LogP contribution in [0.15, 0.2) is 24.3 Å². The zero-order valence-electron chi connectivity index (χ0n) is 5.99. The van der Waals surface area contributed by atoms with E-state index in [9.17, 15) is 0 Å². The van der Waals surface area contributed by atoms with Crippen molar-refractivity contribution in [1.29, 1.82) is 5.26 Å². The van der Waals surface area contributed by atoms with Crippen molar-refractivity contribution in [2.75, 3.05) is 6.61 Å². The molecule has 1 N–H and O–H groups in total. The van der Waals surface area contributed by atoms with Crippen LogP contribution in [0.2, 0.25) is 0 Å². The molecule has 0 aromatic heterocycles. The minimum atomic E-state index is 0.00881. The van der Waals surface area contributed by atoms with Gasteiger partial charge in [0.2, 0.25) is 0 Å². The van der Waals surface area contributed by atoms with Crippen molar-refractivity contribution < 1.29 is 5.11 Å². The standard InChI is InChI=1S/C9H8NO/c10-7-9-3-1-2-8(6-9)4-5-11/h1-4,6,11H,5H2. The van der Waals surface area contributed by atoms with E-state index in [0.717, 1.165) is 5.56 Å². The number of nitriles is 1. The Kier molecular flexibility index (Phi) is 2.65. The van der Waals surface area contributed by atoms with Crippen molar-refractivity contribution in [1.82, 2.24) is 0 Å². The molecule has 0 heterocycles. The number of hydrogen-bond donors (Lipinski definition) is 1.